The number of hydrogen-bond donors (Lipinski definition) is 3. The Morgan fingerprint density at radius 1 is 1.26 bits per heavy atom. The van der Waals surface area contributed by atoms with Crippen molar-refractivity contribution >= 4 is 33.3 Å². The molecule has 27 heavy (non-hydrogen) atoms. The van der Waals surface area contributed by atoms with E-state index in [2.05, 4.69) is 20.6 Å². The molecule has 2 aromatic heterocycles. The average Bonchev–Trinajstić information content (AvgIpc) is 3.15. The minimum atomic E-state index is -0.135. The lowest BCUT2D eigenvalue weighted by atomic mass is 9.97. The van der Waals surface area contributed by atoms with E-state index < -0.39 is 0 Å². The van der Waals surface area contributed by atoms with Crippen molar-refractivity contribution in [1.82, 2.24) is 15.3 Å². The number of rotatable bonds is 5. The van der Waals surface area contributed by atoms with Crippen LogP contribution in [0.1, 0.15) is 35.6 Å². The number of benzene rings is 1. The largest absolute Gasteiger partial charge is 0.322 e. The zero-order valence-corrected chi connectivity index (χ0v) is 15.8. The number of hydrogen-bond acceptors (Lipinski definition) is 5. The van der Waals surface area contributed by atoms with E-state index in [1.165, 1.54) is 4.88 Å². The van der Waals surface area contributed by atoms with Gasteiger partial charge in [0.1, 0.15) is 0 Å². The lowest BCUT2D eigenvalue weighted by Gasteiger charge is -2.20. The number of carbonyl (C=O) groups is 1. The quantitative estimate of drug-likeness (QED) is 0.633. The minimum absolute atomic E-state index is 0.117. The molecule has 0 unspecified atom stereocenters. The Morgan fingerprint density at radius 3 is 2.93 bits per heavy atom. The van der Waals surface area contributed by atoms with Crippen molar-refractivity contribution in [3.8, 4) is 0 Å². The van der Waals surface area contributed by atoms with E-state index in [1.54, 1.807) is 11.3 Å². The second-order valence-electron chi connectivity index (χ2n) is 6.85. The Labute approximate surface area is 161 Å². The summed E-state index contributed by atoms with van der Waals surface area (Å²) in [6, 6.07) is 9.50. The van der Waals surface area contributed by atoms with E-state index in [1.807, 2.05) is 36.5 Å². The van der Waals surface area contributed by atoms with Gasteiger partial charge < -0.3 is 15.6 Å². The second-order valence-corrected chi connectivity index (χ2v) is 7.91. The third kappa shape index (κ3) is 4.26. The van der Waals surface area contributed by atoms with Gasteiger partial charge in [-0.2, -0.15) is 0 Å². The lowest BCUT2D eigenvalue weighted by Crippen LogP contribution is -2.26. The molecule has 0 aliphatic carbocycles. The first-order valence-electron chi connectivity index (χ1n) is 9.26. The van der Waals surface area contributed by atoms with E-state index >= 15 is 0 Å². The number of carbonyl (C=O) groups excluding carboxylic acids is 1. The molecule has 1 amide bonds. The Morgan fingerprint density at radius 2 is 2.07 bits per heavy atom. The highest BCUT2D eigenvalue weighted by molar-refractivity contribution is 7.15. The Balaban J connectivity index is 1.37. The van der Waals surface area contributed by atoms with Crippen molar-refractivity contribution < 1.29 is 4.79 Å². The molecule has 6 nitrogen and oxygen atoms in total. The number of para-hydroxylation sites is 1. The molecule has 1 saturated heterocycles. The fourth-order valence-electron chi connectivity index (χ4n) is 3.45. The molecular weight excluding hydrogens is 360 g/mol. The average molecular weight is 382 g/mol. The van der Waals surface area contributed by atoms with Crippen LogP contribution < -0.4 is 16.2 Å². The molecule has 1 aliphatic heterocycles. The Hall–Kier alpha value is -2.51. The molecule has 140 valence electrons. The van der Waals surface area contributed by atoms with Gasteiger partial charge in [0.05, 0.1) is 0 Å². The van der Waals surface area contributed by atoms with Gasteiger partial charge >= 0.3 is 0 Å². The molecule has 0 saturated carbocycles. The van der Waals surface area contributed by atoms with Crippen molar-refractivity contribution in [3.63, 3.8) is 0 Å². The zero-order valence-electron chi connectivity index (χ0n) is 15.0. The maximum Gasteiger partial charge on any atom is 0.251 e. The van der Waals surface area contributed by atoms with Crippen LogP contribution in [0.5, 0.6) is 0 Å². The fraction of sp³-hybridized carbons (Fsp3) is 0.350. The van der Waals surface area contributed by atoms with E-state index in [-0.39, 0.29) is 17.9 Å². The normalized spacial score (nSPS) is 15.1. The van der Waals surface area contributed by atoms with Gasteiger partial charge in [0.25, 0.3) is 5.56 Å². The van der Waals surface area contributed by atoms with Crippen molar-refractivity contribution in [2.45, 2.75) is 31.6 Å². The number of nitrogens with one attached hydrogen (secondary N) is 3. The second kappa shape index (κ2) is 8.02. The molecule has 1 fully saturated rings. The monoisotopic (exact) mass is 382 g/mol. The van der Waals surface area contributed by atoms with E-state index in [0.29, 0.717) is 23.0 Å². The fourth-order valence-corrected chi connectivity index (χ4v) is 4.45. The van der Waals surface area contributed by atoms with Gasteiger partial charge in [-0.3, -0.25) is 9.59 Å². The number of aromatic nitrogens is 2. The number of aryl methyl sites for hydroxylation is 1. The summed E-state index contributed by atoms with van der Waals surface area (Å²) in [6.07, 6.45) is 4.76. The van der Waals surface area contributed by atoms with Gasteiger partial charge in [-0.25, -0.2) is 4.98 Å². The summed E-state index contributed by atoms with van der Waals surface area (Å²) in [5.41, 5.74) is 1.30. The first kappa shape index (κ1) is 17.9. The summed E-state index contributed by atoms with van der Waals surface area (Å²) >= 11 is 1.56. The minimum Gasteiger partial charge on any atom is -0.322 e. The molecule has 3 aromatic rings. The number of thiazole rings is 1. The molecule has 1 aromatic carbocycles. The number of anilines is 1. The van der Waals surface area contributed by atoms with Crippen LogP contribution in [0, 0.1) is 0 Å². The van der Waals surface area contributed by atoms with Crippen molar-refractivity contribution in [2.24, 2.45) is 0 Å². The summed E-state index contributed by atoms with van der Waals surface area (Å²) < 4.78 is 0. The smallest absolute Gasteiger partial charge is 0.251 e. The van der Waals surface area contributed by atoms with Crippen molar-refractivity contribution in [3.05, 3.63) is 57.3 Å². The van der Waals surface area contributed by atoms with Crippen LogP contribution in [-0.4, -0.2) is 29.0 Å². The Kier molecular flexibility index (Phi) is 5.31. The molecule has 0 bridgehead atoms. The van der Waals surface area contributed by atoms with Gasteiger partial charge in [-0.1, -0.05) is 18.2 Å². The predicted molar refractivity (Wildman–Crippen MR) is 108 cm³/mol. The molecule has 0 radical (unpaired) electrons. The SMILES string of the molecule is O=C(CCc1cc2ccccc2[nH]c1=O)Nc1ncc(C2CCNCC2)s1. The topological polar surface area (TPSA) is 86.9 Å². The van der Waals surface area contributed by atoms with E-state index in [4.69, 9.17) is 0 Å². The molecule has 7 heteroatoms. The molecule has 3 heterocycles. The van der Waals surface area contributed by atoms with Crippen LogP contribution in [0.25, 0.3) is 10.9 Å². The number of amides is 1. The van der Waals surface area contributed by atoms with Gasteiger partial charge in [0.2, 0.25) is 5.91 Å². The number of fused-ring (bicyclic) bond motifs is 1. The molecule has 0 spiro atoms. The summed E-state index contributed by atoms with van der Waals surface area (Å²) in [7, 11) is 0. The highest BCUT2D eigenvalue weighted by Gasteiger charge is 2.18. The lowest BCUT2D eigenvalue weighted by molar-refractivity contribution is -0.116. The first-order valence-corrected chi connectivity index (χ1v) is 10.1. The third-order valence-electron chi connectivity index (χ3n) is 4.96. The van der Waals surface area contributed by atoms with Crippen LogP contribution >= 0.6 is 11.3 Å². The van der Waals surface area contributed by atoms with Gasteiger partial charge in [-0.15, -0.1) is 11.3 Å². The van der Waals surface area contributed by atoms with Gasteiger partial charge in [0.15, 0.2) is 5.13 Å². The van der Waals surface area contributed by atoms with Crippen LogP contribution in [-0.2, 0) is 11.2 Å². The van der Waals surface area contributed by atoms with Crippen LogP contribution in [0.3, 0.4) is 0 Å². The molecular formula is C20H22N4O2S. The van der Waals surface area contributed by atoms with Gasteiger partial charge in [-0.05, 0) is 55.8 Å². The summed E-state index contributed by atoms with van der Waals surface area (Å²) in [6.45, 7) is 2.06. The molecule has 3 N–H and O–H groups in total. The summed E-state index contributed by atoms with van der Waals surface area (Å²) in [4.78, 5) is 32.9. The molecule has 0 atom stereocenters. The number of pyridine rings is 1. The number of H-pyrrole nitrogens is 1. The number of aromatic amines is 1. The maximum atomic E-state index is 12.3. The molecule has 1 aliphatic rings. The van der Waals surface area contributed by atoms with Crippen LogP contribution in [0.2, 0.25) is 0 Å². The van der Waals surface area contributed by atoms with Crippen LogP contribution in [0.15, 0.2) is 41.3 Å². The number of nitrogens with zero attached hydrogens (tertiary/aromatic N) is 1. The maximum absolute atomic E-state index is 12.3. The highest BCUT2D eigenvalue weighted by Crippen LogP contribution is 2.31. The standard InChI is InChI=1S/C20H22N4O2S/c25-18(24-20-22-12-17(27-20)13-7-9-21-10-8-13)6-5-15-11-14-3-1-2-4-16(14)23-19(15)26/h1-4,11-13,21H,5-10H2,(H,23,26)(H,22,24,25). The van der Waals surface area contributed by atoms with Crippen molar-refractivity contribution in [2.75, 3.05) is 18.4 Å². The highest BCUT2D eigenvalue weighted by atomic mass is 32.1. The predicted octanol–water partition coefficient (Wildman–Crippen LogP) is 3.02. The summed E-state index contributed by atoms with van der Waals surface area (Å²) in [5.74, 6) is 0.416. The zero-order chi connectivity index (χ0) is 18.6. The van der Waals surface area contributed by atoms with Gasteiger partial charge in [0, 0.05) is 28.6 Å². The summed E-state index contributed by atoms with van der Waals surface area (Å²) in [5, 5.41) is 7.84. The Bertz CT molecular complexity index is 1000. The van der Waals surface area contributed by atoms with Crippen molar-refractivity contribution in [1.29, 1.82) is 0 Å². The molecule has 4 rings (SSSR count). The van der Waals surface area contributed by atoms with E-state index in [9.17, 15) is 9.59 Å². The van der Waals surface area contributed by atoms with E-state index in [0.717, 1.165) is 36.8 Å². The number of piperidine rings is 1. The third-order valence-corrected chi connectivity index (χ3v) is 6.04. The van der Waals surface area contributed by atoms with Crippen LogP contribution in [0.4, 0.5) is 5.13 Å². The first-order chi connectivity index (χ1) is 13.2.